The Balaban J connectivity index is 1.51. The van der Waals surface area contributed by atoms with E-state index in [0.717, 1.165) is 13.0 Å². The van der Waals surface area contributed by atoms with Gasteiger partial charge in [0.25, 0.3) is 0 Å². The first-order chi connectivity index (χ1) is 15.1. The number of aromatic hydroxyl groups is 1. The highest BCUT2D eigenvalue weighted by molar-refractivity contribution is 8.01. The van der Waals surface area contributed by atoms with Crippen LogP contribution in [0, 0.1) is 0 Å². The van der Waals surface area contributed by atoms with Gasteiger partial charge in [-0.15, -0.1) is 11.8 Å². The van der Waals surface area contributed by atoms with Gasteiger partial charge in [-0.3, -0.25) is 14.4 Å². The van der Waals surface area contributed by atoms with E-state index in [1.165, 1.54) is 40.9 Å². The second-order valence-electron chi connectivity index (χ2n) is 8.77. The summed E-state index contributed by atoms with van der Waals surface area (Å²) >= 11 is 1.33. The molecule has 3 aliphatic heterocycles. The molecule has 0 bridgehead atoms. The first kappa shape index (κ1) is 22.4. The van der Waals surface area contributed by atoms with E-state index in [-0.39, 0.29) is 11.7 Å². The molecule has 3 amide bonds. The van der Waals surface area contributed by atoms with Crippen molar-refractivity contribution in [3.8, 4) is 5.75 Å². The van der Waals surface area contributed by atoms with Crippen LogP contribution in [0.2, 0.25) is 0 Å². The molecular formula is C21H26N4O6S. The van der Waals surface area contributed by atoms with Crippen LogP contribution in [0.3, 0.4) is 0 Å². The van der Waals surface area contributed by atoms with Gasteiger partial charge in [-0.2, -0.15) is 0 Å². The molecule has 5 N–H and O–H groups in total. The number of carboxylic acid groups (broad SMARTS) is 1. The number of carbonyl (C=O) groups excluding carboxylic acids is 3. The molecule has 3 unspecified atom stereocenters. The van der Waals surface area contributed by atoms with Crippen LogP contribution in [0.25, 0.3) is 0 Å². The van der Waals surface area contributed by atoms with Crippen LogP contribution in [0.4, 0.5) is 0 Å². The second-order valence-corrected chi connectivity index (χ2v) is 10.5. The molecular weight excluding hydrogens is 436 g/mol. The van der Waals surface area contributed by atoms with Gasteiger partial charge in [-0.1, -0.05) is 12.1 Å². The Labute approximate surface area is 189 Å². The van der Waals surface area contributed by atoms with Gasteiger partial charge in [0.1, 0.15) is 29.2 Å². The molecule has 3 aliphatic rings. The van der Waals surface area contributed by atoms with Gasteiger partial charge in [-0.25, -0.2) is 4.79 Å². The van der Waals surface area contributed by atoms with Gasteiger partial charge in [-0.05, 0) is 50.9 Å². The van der Waals surface area contributed by atoms with E-state index < -0.39 is 52.1 Å². The number of hydrogen-bond acceptors (Lipinski definition) is 7. The number of carbonyl (C=O) groups is 4. The third-order valence-electron chi connectivity index (χ3n) is 6.12. The first-order valence-corrected chi connectivity index (χ1v) is 11.3. The molecule has 10 nitrogen and oxygen atoms in total. The second kappa shape index (κ2) is 8.28. The van der Waals surface area contributed by atoms with Crippen LogP contribution in [-0.2, 0) is 19.2 Å². The van der Waals surface area contributed by atoms with E-state index in [9.17, 15) is 29.4 Å². The summed E-state index contributed by atoms with van der Waals surface area (Å²) in [7, 11) is 0. The quantitative estimate of drug-likeness (QED) is 0.369. The van der Waals surface area contributed by atoms with E-state index in [2.05, 4.69) is 16.0 Å². The van der Waals surface area contributed by atoms with Gasteiger partial charge < -0.3 is 31.1 Å². The van der Waals surface area contributed by atoms with Crippen molar-refractivity contribution in [2.75, 3.05) is 6.54 Å². The minimum Gasteiger partial charge on any atom is -0.508 e. The number of hydrogen-bond donors (Lipinski definition) is 5. The summed E-state index contributed by atoms with van der Waals surface area (Å²) in [6.07, 6.45) is 1.52. The lowest BCUT2D eigenvalue weighted by Crippen LogP contribution is -2.71. The Morgan fingerprint density at radius 2 is 1.94 bits per heavy atom. The smallest absolute Gasteiger partial charge is 0.327 e. The number of amides is 3. The van der Waals surface area contributed by atoms with Crippen molar-refractivity contribution in [1.29, 1.82) is 0 Å². The molecule has 1 aromatic carbocycles. The lowest BCUT2D eigenvalue weighted by Gasteiger charge is -2.44. The zero-order valence-corrected chi connectivity index (χ0v) is 18.5. The molecule has 0 aliphatic carbocycles. The average Bonchev–Trinajstić information content (AvgIpc) is 3.35. The number of β-lactam (4-membered cyclic amide) rings is 1. The van der Waals surface area contributed by atoms with Gasteiger partial charge >= 0.3 is 5.97 Å². The van der Waals surface area contributed by atoms with Gasteiger partial charge in [0, 0.05) is 4.75 Å². The monoisotopic (exact) mass is 462 g/mol. The Morgan fingerprint density at radius 1 is 1.25 bits per heavy atom. The molecule has 0 spiro atoms. The molecule has 3 saturated heterocycles. The van der Waals surface area contributed by atoms with Crippen molar-refractivity contribution in [2.45, 2.75) is 61.0 Å². The van der Waals surface area contributed by atoms with Gasteiger partial charge in [0.2, 0.25) is 17.7 Å². The Morgan fingerprint density at radius 3 is 2.53 bits per heavy atom. The maximum Gasteiger partial charge on any atom is 0.327 e. The lowest BCUT2D eigenvalue weighted by atomic mass is 9.95. The summed E-state index contributed by atoms with van der Waals surface area (Å²) in [6.45, 7) is 4.24. The zero-order valence-electron chi connectivity index (χ0n) is 17.7. The minimum absolute atomic E-state index is 0.0193. The van der Waals surface area contributed by atoms with Gasteiger partial charge in [0.15, 0.2) is 0 Å². The Bertz CT molecular complexity index is 946. The highest BCUT2D eigenvalue weighted by Crippen LogP contribution is 2.50. The number of aliphatic carboxylic acids is 1. The van der Waals surface area contributed by atoms with E-state index in [4.69, 9.17) is 0 Å². The van der Waals surface area contributed by atoms with Crippen LogP contribution in [0.15, 0.2) is 24.3 Å². The van der Waals surface area contributed by atoms with Gasteiger partial charge in [0.05, 0.1) is 6.04 Å². The maximum atomic E-state index is 13.2. The number of rotatable bonds is 6. The molecule has 0 radical (unpaired) electrons. The largest absolute Gasteiger partial charge is 0.508 e. The van der Waals surface area contributed by atoms with Crippen LogP contribution < -0.4 is 16.0 Å². The number of nitrogens with zero attached hydrogens (tertiary/aromatic N) is 1. The highest BCUT2D eigenvalue weighted by atomic mass is 32.2. The number of phenols is 1. The van der Waals surface area contributed by atoms with Crippen molar-refractivity contribution >= 4 is 35.5 Å². The van der Waals surface area contributed by atoms with E-state index in [0.29, 0.717) is 12.0 Å². The van der Waals surface area contributed by atoms with Crippen LogP contribution in [-0.4, -0.2) is 73.6 Å². The summed E-state index contributed by atoms with van der Waals surface area (Å²) in [6, 6.07) is 2.58. The van der Waals surface area contributed by atoms with E-state index >= 15 is 0 Å². The number of carboxylic acids is 1. The number of phenolic OH excluding ortho intramolecular Hbond substituents is 1. The molecule has 32 heavy (non-hydrogen) atoms. The van der Waals surface area contributed by atoms with E-state index in [1.807, 2.05) is 0 Å². The van der Waals surface area contributed by atoms with Crippen LogP contribution in [0.5, 0.6) is 5.75 Å². The number of thioether (sulfide) groups is 1. The fraction of sp³-hybridized carbons (Fsp3) is 0.524. The van der Waals surface area contributed by atoms with E-state index in [1.54, 1.807) is 13.8 Å². The predicted octanol–water partition coefficient (Wildman–Crippen LogP) is -0.0668. The summed E-state index contributed by atoms with van der Waals surface area (Å²) in [4.78, 5) is 51.6. The predicted molar refractivity (Wildman–Crippen MR) is 116 cm³/mol. The molecule has 1 aromatic rings. The summed E-state index contributed by atoms with van der Waals surface area (Å²) < 4.78 is -0.704. The third kappa shape index (κ3) is 3.90. The summed E-state index contributed by atoms with van der Waals surface area (Å²) in [5.41, 5.74) is 0.457. The third-order valence-corrected chi connectivity index (χ3v) is 7.70. The topological polar surface area (TPSA) is 148 Å². The first-order valence-electron chi connectivity index (χ1n) is 10.5. The zero-order chi connectivity index (χ0) is 23.2. The van der Waals surface area contributed by atoms with Crippen molar-refractivity contribution in [3.63, 3.8) is 0 Å². The fourth-order valence-electron chi connectivity index (χ4n) is 4.50. The van der Waals surface area contributed by atoms with Crippen LogP contribution >= 0.6 is 11.8 Å². The van der Waals surface area contributed by atoms with Crippen LogP contribution in [0.1, 0.15) is 38.3 Å². The molecule has 11 heteroatoms. The Hall–Kier alpha value is -2.79. The minimum atomic E-state index is -1.08. The summed E-state index contributed by atoms with van der Waals surface area (Å²) in [5.74, 6) is -2.41. The normalized spacial score (nSPS) is 29.1. The SMILES string of the molecule is CC1(C)S[C@@H]2C(NC(=O)C(NC(=O)C3CCCN3)c3ccc(O)cc3)C(=O)N2[C@H]1C(=O)O. The molecule has 3 heterocycles. The lowest BCUT2D eigenvalue weighted by molar-refractivity contribution is -0.161. The molecule has 0 aromatic heterocycles. The maximum absolute atomic E-state index is 13.2. The van der Waals surface area contributed by atoms with Crippen molar-refractivity contribution in [1.82, 2.24) is 20.9 Å². The number of benzene rings is 1. The molecule has 3 fully saturated rings. The number of nitrogens with one attached hydrogen (secondary N) is 3. The van der Waals surface area contributed by atoms with Crippen molar-refractivity contribution < 1.29 is 29.4 Å². The molecule has 4 rings (SSSR count). The highest BCUT2D eigenvalue weighted by Gasteiger charge is 2.64. The van der Waals surface area contributed by atoms with Crippen molar-refractivity contribution in [3.05, 3.63) is 29.8 Å². The Kier molecular flexibility index (Phi) is 5.80. The molecule has 5 atom stereocenters. The molecule has 0 saturated carbocycles. The standard InChI is InChI=1S/C21H26N4O6S/c1-21(2)15(20(30)31)25-18(29)14(19(25)32-21)24-17(28)13(10-5-7-11(26)8-6-10)23-16(27)12-4-3-9-22-12/h5-8,12-15,19,22,26H,3-4,9H2,1-2H3,(H,23,27)(H,24,28)(H,30,31)/t12?,13?,14?,15-,19+/m0/s1. The average molecular weight is 463 g/mol. The van der Waals surface area contributed by atoms with Crippen molar-refractivity contribution in [2.24, 2.45) is 0 Å². The molecule has 172 valence electrons. The number of fused-ring (bicyclic) bond motifs is 1. The fourth-order valence-corrected chi connectivity index (χ4v) is 6.13. The summed E-state index contributed by atoms with van der Waals surface area (Å²) in [5, 5.41) is 27.2.